The number of rotatable bonds is 6. The maximum absolute atomic E-state index is 13.1. The Morgan fingerprint density at radius 3 is 2.86 bits per heavy atom. The second-order valence-corrected chi connectivity index (χ2v) is 6.63. The minimum Gasteiger partial charge on any atom is -0.329 e. The van der Waals surface area contributed by atoms with Crippen molar-refractivity contribution >= 4 is 29.6 Å². The average Bonchev–Trinajstić information content (AvgIpc) is 3.07. The molecule has 1 amide bonds. The van der Waals surface area contributed by atoms with Gasteiger partial charge in [0.1, 0.15) is 5.82 Å². The first kappa shape index (κ1) is 19.2. The number of hydrazone groups is 1. The van der Waals surface area contributed by atoms with E-state index in [0.29, 0.717) is 15.6 Å². The molecular weight excluding hydrogens is 385 g/mol. The van der Waals surface area contributed by atoms with Crippen molar-refractivity contribution in [3.63, 3.8) is 0 Å². The van der Waals surface area contributed by atoms with Crippen LogP contribution in [0.3, 0.4) is 0 Å². The van der Waals surface area contributed by atoms with Gasteiger partial charge in [-0.05, 0) is 36.0 Å². The summed E-state index contributed by atoms with van der Waals surface area (Å²) in [4.78, 5) is 27.4. The smallest absolute Gasteiger partial charge is 0.283 e. The highest BCUT2D eigenvalue weighted by Gasteiger charge is 2.17. The van der Waals surface area contributed by atoms with Crippen molar-refractivity contribution in [1.82, 2.24) is 15.0 Å². The Labute approximate surface area is 163 Å². The summed E-state index contributed by atoms with van der Waals surface area (Å²) in [6.45, 7) is 0. The third-order valence-corrected chi connectivity index (χ3v) is 4.77. The molecule has 0 fully saturated rings. The molecule has 0 radical (unpaired) electrons. The summed E-state index contributed by atoms with van der Waals surface area (Å²) in [5, 5.41) is 15.8. The highest BCUT2D eigenvalue weighted by atomic mass is 32.2. The van der Waals surface area contributed by atoms with Crippen LogP contribution in [0, 0.1) is 15.9 Å². The first-order valence-electron chi connectivity index (χ1n) is 7.96. The summed E-state index contributed by atoms with van der Waals surface area (Å²) < 4.78 is 14.9. The SMILES string of the molecule is Cn1ccnc1Sc1ccc(/C=N/NC(=O)c2cccc(F)c2)cc1[N+](=O)[O-]. The number of amides is 1. The molecule has 3 aromatic rings. The van der Waals surface area contributed by atoms with Crippen LogP contribution in [-0.4, -0.2) is 26.6 Å². The van der Waals surface area contributed by atoms with Gasteiger partial charge >= 0.3 is 0 Å². The van der Waals surface area contributed by atoms with E-state index >= 15 is 0 Å². The molecule has 0 unspecified atom stereocenters. The summed E-state index contributed by atoms with van der Waals surface area (Å²) in [5.41, 5.74) is 2.70. The van der Waals surface area contributed by atoms with Crippen LogP contribution >= 0.6 is 11.8 Å². The molecule has 1 aromatic heterocycles. The largest absolute Gasteiger partial charge is 0.329 e. The third-order valence-electron chi connectivity index (χ3n) is 3.62. The second-order valence-electron chi connectivity index (χ2n) is 5.62. The van der Waals surface area contributed by atoms with Crippen molar-refractivity contribution < 1.29 is 14.1 Å². The van der Waals surface area contributed by atoms with Crippen LogP contribution in [0.25, 0.3) is 0 Å². The fraction of sp³-hybridized carbons (Fsp3) is 0.0556. The van der Waals surface area contributed by atoms with E-state index in [9.17, 15) is 19.3 Å². The minimum absolute atomic E-state index is 0.103. The molecule has 0 aliphatic heterocycles. The molecule has 0 spiro atoms. The lowest BCUT2D eigenvalue weighted by atomic mass is 10.2. The Morgan fingerprint density at radius 1 is 1.36 bits per heavy atom. The molecule has 1 heterocycles. The Kier molecular flexibility index (Phi) is 5.80. The molecule has 0 saturated heterocycles. The quantitative estimate of drug-likeness (QED) is 0.389. The van der Waals surface area contributed by atoms with E-state index in [1.165, 1.54) is 42.2 Å². The van der Waals surface area contributed by atoms with Gasteiger partial charge in [-0.15, -0.1) is 0 Å². The number of nitro groups is 1. The van der Waals surface area contributed by atoms with Crippen LogP contribution in [0.2, 0.25) is 0 Å². The maximum atomic E-state index is 13.1. The number of nitrogens with zero attached hydrogens (tertiary/aromatic N) is 4. The zero-order valence-corrected chi connectivity index (χ0v) is 15.4. The van der Waals surface area contributed by atoms with E-state index in [1.807, 2.05) is 0 Å². The first-order valence-corrected chi connectivity index (χ1v) is 8.78. The van der Waals surface area contributed by atoms with E-state index in [-0.39, 0.29) is 11.3 Å². The molecule has 0 saturated carbocycles. The van der Waals surface area contributed by atoms with Crippen molar-refractivity contribution in [2.45, 2.75) is 10.1 Å². The topological polar surface area (TPSA) is 102 Å². The Morgan fingerprint density at radius 2 is 2.18 bits per heavy atom. The lowest BCUT2D eigenvalue weighted by Crippen LogP contribution is -2.17. The average molecular weight is 399 g/mol. The number of nitrogens with one attached hydrogen (secondary N) is 1. The standard InChI is InChI=1S/C18H14FN5O3S/c1-23-8-7-20-18(23)28-16-6-5-12(9-15(16)24(26)27)11-21-22-17(25)13-3-2-4-14(19)10-13/h2-11H,1H3,(H,22,25)/b21-11+. The lowest BCUT2D eigenvalue weighted by Gasteiger charge is -2.04. The van der Waals surface area contributed by atoms with Crippen LogP contribution in [-0.2, 0) is 7.05 Å². The van der Waals surface area contributed by atoms with Gasteiger partial charge in [0.15, 0.2) is 5.16 Å². The van der Waals surface area contributed by atoms with Gasteiger partial charge in [-0.2, -0.15) is 5.10 Å². The fourth-order valence-electron chi connectivity index (χ4n) is 2.25. The van der Waals surface area contributed by atoms with Gasteiger partial charge in [0, 0.05) is 36.6 Å². The molecule has 3 rings (SSSR count). The van der Waals surface area contributed by atoms with Gasteiger partial charge in [-0.1, -0.05) is 12.1 Å². The minimum atomic E-state index is -0.591. The van der Waals surface area contributed by atoms with Crippen molar-refractivity contribution in [3.8, 4) is 0 Å². The molecule has 28 heavy (non-hydrogen) atoms. The zero-order chi connectivity index (χ0) is 20.1. The summed E-state index contributed by atoms with van der Waals surface area (Å²) in [5.74, 6) is -1.12. The number of carbonyl (C=O) groups excluding carboxylic acids is 1. The van der Waals surface area contributed by atoms with Gasteiger partial charge in [-0.3, -0.25) is 14.9 Å². The highest BCUT2D eigenvalue weighted by Crippen LogP contribution is 2.34. The monoisotopic (exact) mass is 399 g/mol. The number of hydrogen-bond acceptors (Lipinski definition) is 6. The van der Waals surface area contributed by atoms with Crippen LogP contribution in [0.5, 0.6) is 0 Å². The summed E-state index contributed by atoms with van der Waals surface area (Å²) in [7, 11) is 1.80. The van der Waals surface area contributed by atoms with Crippen molar-refractivity contribution in [1.29, 1.82) is 0 Å². The zero-order valence-electron chi connectivity index (χ0n) is 14.6. The Bertz CT molecular complexity index is 1070. The van der Waals surface area contributed by atoms with Gasteiger partial charge in [-0.25, -0.2) is 14.8 Å². The lowest BCUT2D eigenvalue weighted by molar-refractivity contribution is -0.387. The fourth-order valence-corrected chi connectivity index (χ4v) is 3.14. The summed E-state index contributed by atoms with van der Waals surface area (Å²) in [6, 6.07) is 9.74. The number of halogens is 1. The molecule has 8 nitrogen and oxygen atoms in total. The van der Waals surface area contributed by atoms with Crippen LogP contribution in [0.1, 0.15) is 15.9 Å². The number of aryl methyl sites for hydroxylation is 1. The molecule has 2 aromatic carbocycles. The predicted molar refractivity (Wildman–Crippen MR) is 102 cm³/mol. The third kappa shape index (κ3) is 4.60. The first-order chi connectivity index (χ1) is 13.4. The van der Waals surface area contributed by atoms with Gasteiger partial charge in [0.25, 0.3) is 11.6 Å². The molecule has 0 aliphatic carbocycles. The van der Waals surface area contributed by atoms with Crippen molar-refractivity contribution in [2.75, 3.05) is 0 Å². The maximum Gasteiger partial charge on any atom is 0.283 e. The number of aromatic nitrogens is 2. The van der Waals surface area contributed by atoms with E-state index in [0.717, 1.165) is 6.07 Å². The summed E-state index contributed by atoms with van der Waals surface area (Å²) in [6.07, 6.45) is 4.63. The van der Waals surface area contributed by atoms with Gasteiger partial charge in [0.2, 0.25) is 0 Å². The van der Waals surface area contributed by atoms with E-state index in [4.69, 9.17) is 0 Å². The summed E-state index contributed by atoms with van der Waals surface area (Å²) >= 11 is 1.17. The molecule has 0 aliphatic rings. The Hall–Kier alpha value is -3.53. The van der Waals surface area contributed by atoms with E-state index in [2.05, 4.69) is 15.5 Å². The molecule has 142 valence electrons. The number of benzene rings is 2. The van der Waals surface area contributed by atoms with Crippen molar-refractivity contribution in [3.05, 3.63) is 81.9 Å². The number of hydrogen-bond donors (Lipinski definition) is 1. The Balaban J connectivity index is 1.74. The number of nitro benzene ring substituents is 1. The molecular formula is C18H14FN5O3S. The van der Waals surface area contributed by atoms with Crippen LogP contribution in [0.4, 0.5) is 10.1 Å². The molecule has 0 atom stereocenters. The highest BCUT2D eigenvalue weighted by molar-refractivity contribution is 7.99. The predicted octanol–water partition coefficient (Wildman–Crippen LogP) is 3.38. The van der Waals surface area contributed by atoms with Crippen molar-refractivity contribution in [2.24, 2.45) is 12.1 Å². The second kappa shape index (κ2) is 8.44. The van der Waals surface area contributed by atoms with E-state index in [1.54, 1.807) is 36.1 Å². The normalized spacial score (nSPS) is 10.9. The van der Waals surface area contributed by atoms with Gasteiger partial charge in [0.05, 0.1) is 16.0 Å². The van der Waals surface area contributed by atoms with Crippen LogP contribution < -0.4 is 5.43 Å². The number of imidazole rings is 1. The van der Waals surface area contributed by atoms with Gasteiger partial charge < -0.3 is 4.57 Å². The molecule has 10 heteroatoms. The van der Waals surface area contributed by atoms with Crippen LogP contribution in [0.15, 0.2) is 70.0 Å². The number of carbonyl (C=O) groups is 1. The molecule has 0 bridgehead atoms. The molecule has 1 N–H and O–H groups in total. The van der Waals surface area contributed by atoms with E-state index < -0.39 is 16.6 Å².